The number of hydrogen-bond acceptors (Lipinski definition) is 2. The van der Waals surface area contributed by atoms with Crippen LogP contribution in [0, 0.1) is 5.92 Å². The Morgan fingerprint density at radius 3 is 2.46 bits per heavy atom. The molecule has 1 atom stereocenters. The molecular formula is C11H23NO. The highest BCUT2D eigenvalue weighted by atomic mass is 16.5. The number of ether oxygens (including phenoxy) is 1. The summed E-state index contributed by atoms with van der Waals surface area (Å²) in [4.78, 5) is 2.13. The molecule has 0 aromatic rings. The summed E-state index contributed by atoms with van der Waals surface area (Å²) in [7, 11) is 4.11. The van der Waals surface area contributed by atoms with E-state index >= 15 is 0 Å². The van der Waals surface area contributed by atoms with E-state index in [-0.39, 0.29) is 0 Å². The minimum absolute atomic E-state index is 0.548. The van der Waals surface area contributed by atoms with Gasteiger partial charge in [-0.05, 0) is 33.5 Å². The summed E-state index contributed by atoms with van der Waals surface area (Å²) in [5.41, 5.74) is 0. The van der Waals surface area contributed by atoms with Crippen LogP contribution in [0.3, 0.4) is 0 Å². The van der Waals surface area contributed by atoms with Gasteiger partial charge in [0.15, 0.2) is 0 Å². The lowest BCUT2D eigenvalue weighted by Crippen LogP contribution is -2.18. The van der Waals surface area contributed by atoms with Crippen LogP contribution in [0.5, 0.6) is 0 Å². The van der Waals surface area contributed by atoms with Gasteiger partial charge in [0.05, 0.1) is 5.76 Å². The molecule has 1 unspecified atom stereocenters. The number of rotatable bonds is 6. The van der Waals surface area contributed by atoms with Gasteiger partial charge in [0.1, 0.15) is 6.61 Å². The standard InChI is InChI=1S/C11H23NO/c1-6-10(3)11(7-2)13-9-8-12(4)5/h7,10H,6,8-9H2,1-5H3/b11-7+. The van der Waals surface area contributed by atoms with Gasteiger partial charge in [-0.25, -0.2) is 0 Å². The molecule has 0 heterocycles. The first kappa shape index (κ1) is 12.5. The third-order valence-electron chi connectivity index (χ3n) is 2.19. The summed E-state index contributed by atoms with van der Waals surface area (Å²) in [6.45, 7) is 8.19. The van der Waals surface area contributed by atoms with Crippen LogP contribution in [-0.2, 0) is 4.74 Å². The van der Waals surface area contributed by atoms with E-state index < -0.39 is 0 Å². The van der Waals surface area contributed by atoms with E-state index in [0.717, 1.165) is 25.3 Å². The van der Waals surface area contributed by atoms with E-state index in [1.165, 1.54) is 0 Å². The summed E-state index contributed by atoms with van der Waals surface area (Å²) in [5, 5.41) is 0. The SMILES string of the molecule is C/C=C(/OCCN(C)C)C(C)CC. The first-order chi connectivity index (χ1) is 6.11. The van der Waals surface area contributed by atoms with Crippen molar-refractivity contribution in [3.63, 3.8) is 0 Å². The van der Waals surface area contributed by atoms with Crippen molar-refractivity contribution in [1.29, 1.82) is 0 Å². The second kappa shape index (κ2) is 6.96. The van der Waals surface area contributed by atoms with Gasteiger partial charge in [-0.2, -0.15) is 0 Å². The van der Waals surface area contributed by atoms with Crippen molar-refractivity contribution in [2.24, 2.45) is 5.92 Å². The molecule has 0 fully saturated rings. The van der Waals surface area contributed by atoms with Crippen molar-refractivity contribution >= 4 is 0 Å². The molecule has 0 saturated heterocycles. The number of nitrogens with zero attached hydrogens (tertiary/aromatic N) is 1. The molecule has 0 bridgehead atoms. The van der Waals surface area contributed by atoms with Gasteiger partial charge < -0.3 is 9.64 Å². The van der Waals surface area contributed by atoms with Gasteiger partial charge in [0, 0.05) is 12.5 Å². The van der Waals surface area contributed by atoms with Crippen molar-refractivity contribution in [1.82, 2.24) is 4.90 Å². The molecule has 13 heavy (non-hydrogen) atoms. The van der Waals surface area contributed by atoms with Crippen molar-refractivity contribution < 1.29 is 4.74 Å². The maximum absolute atomic E-state index is 5.67. The zero-order chi connectivity index (χ0) is 10.3. The molecule has 0 N–H and O–H groups in total. The highest BCUT2D eigenvalue weighted by Crippen LogP contribution is 2.14. The molecule has 0 radical (unpaired) electrons. The fraction of sp³-hybridized carbons (Fsp3) is 0.818. The molecular weight excluding hydrogens is 162 g/mol. The van der Waals surface area contributed by atoms with Crippen molar-refractivity contribution in [2.45, 2.75) is 27.2 Å². The molecule has 0 aliphatic rings. The van der Waals surface area contributed by atoms with Gasteiger partial charge in [0.25, 0.3) is 0 Å². The van der Waals surface area contributed by atoms with Crippen LogP contribution in [0.2, 0.25) is 0 Å². The summed E-state index contributed by atoms with van der Waals surface area (Å²) < 4.78 is 5.67. The molecule has 0 amide bonds. The summed E-state index contributed by atoms with van der Waals surface area (Å²) in [5.74, 6) is 1.68. The third-order valence-corrected chi connectivity index (χ3v) is 2.19. The molecule has 0 saturated carbocycles. The fourth-order valence-electron chi connectivity index (χ4n) is 1.06. The van der Waals surface area contributed by atoms with Gasteiger partial charge >= 0.3 is 0 Å². The van der Waals surface area contributed by atoms with E-state index in [4.69, 9.17) is 4.74 Å². The van der Waals surface area contributed by atoms with Crippen LogP contribution in [0.15, 0.2) is 11.8 Å². The highest BCUT2D eigenvalue weighted by molar-refractivity contribution is 4.94. The summed E-state index contributed by atoms with van der Waals surface area (Å²) >= 11 is 0. The monoisotopic (exact) mass is 185 g/mol. The third kappa shape index (κ3) is 5.69. The van der Waals surface area contributed by atoms with Crippen LogP contribution in [0.1, 0.15) is 27.2 Å². The van der Waals surface area contributed by atoms with E-state index in [2.05, 4.69) is 38.9 Å². The normalized spacial score (nSPS) is 14.8. The first-order valence-corrected chi connectivity index (χ1v) is 5.05. The molecule has 2 nitrogen and oxygen atoms in total. The lowest BCUT2D eigenvalue weighted by molar-refractivity contribution is 0.157. The van der Waals surface area contributed by atoms with Crippen molar-refractivity contribution in [2.75, 3.05) is 27.2 Å². The average molecular weight is 185 g/mol. The van der Waals surface area contributed by atoms with Crippen molar-refractivity contribution in [3.8, 4) is 0 Å². The largest absolute Gasteiger partial charge is 0.497 e. The number of hydrogen-bond donors (Lipinski definition) is 0. The van der Waals surface area contributed by atoms with E-state index in [0.29, 0.717) is 5.92 Å². The van der Waals surface area contributed by atoms with Crippen LogP contribution in [-0.4, -0.2) is 32.1 Å². The first-order valence-electron chi connectivity index (χ1n) is 5.05. The molecule has 0 aromatic carbocycles. The molecule has 0 spiro atoms. The molecule has 78 valence electrons. The van der Waals surface area contributed by atoms with Gasteiger partial charge in [-0.1, -0.05) is 13.8 Å². The Hall–Kier alpha value is -0.500. The second-order valence-electron chi connectivity index (χ2n) is 3.65. The van der Waals surface area contributed by atoms with E-state index in [1.807, 2.05) is 6.92 Å². The van der Waals surface area contributed by atoms with Gasteiger partial charge in [-0.15, -0.1) is 0 Å². The second-order valence-corrected chi connectivity index (χ2v) is 3.65. The van der Waals surface area contributed by atoms with Crippen molar-refractivity contribution in [3.05, 3.63) is 11.8 Å². The molecule has 2 heteroatoms. The zero-order valence-corrected chi connectivity index (χ0v) is 9.63. The van der Waals surface area contributed by atoms with Crippen LogP contribution < -0.4 is 0 Å². The topological polar surface area (TPSA) is 12.5 Å². The Kier molecular flexibility index (Phi) is 6.69. The van der Waals surface area contributed by atoms with Crippen LogP contribution in [0.4, 0.5) is 0 Å². The summed E-state index contributed by atoms with van der Waals surface area (Å²) in [6.07, 6.45) is 3.21. The van der Waals surface area contributed by atoms with Gasteiger partial charge in [0.2, 0.25) is 0 Å². The Morgan fingerprint density at radius 1 is 1.46 bits per heavy atom. The minimum atomic E-state index is 0.548. The molecule has 0 aliphatic heterocycles. The van der Waals surface area contributed by atoms with Gasteiger partial charge in [-0.3, -0.25) is 0 Å². The Labute approximate surface area is 82.6 Å². The quantitative estimate of drug-likeness (QED) is 0.590. The molecule has 0 rings (SSSR count). The minimum Gasteiger partial charge on any atom is -0.497 e. The fourth-order valence-corrected chi connectivity index (χ4v) is 1.06. The predicted octanol–water partition coefficient (Wildman–Crippen LogP) is 2.51. The van der Waals surface area contributed by atoms with Crippen LogP contribution in [0.25, 0.3) is 0 Å². The smallest absolute Gasteiger partial charge is 0.100 e. The lowest BCUT2D eigenvalue weighted by atomic mass is 10.1. The predicted molar refractivity (Wildman–Crippen MR) is 57.7 cm³/mol. The van der Waals surface area contributed by atoms with Crippen LogP contribution >= 0.6 is 0 Å². The highest BCUT2D eigenvalue weighted by Gasteiger charge is 2.06. The Morgan fingerprint density at radius 2 is 2.08 bits per heavy atom. The maximum atomic E-state index is 5.67. The van der Waals surface area contributed by atoms with E-state index in [9.17, 15) is 0 Å². The number of allylic oxidation sites excluding steroid dienone is 2. The molecule has 0 aliphatic carbocycles. The zero-order valence-electron chi connectivity index (χ0n) is 9.63. The summed E-state index contributed by atoms with van der Waals surface area (Å²) in [6, 6.07) is 0. The molecule has 0 aromatic heterocycles. The van der Waals surface area contributed by atoms with E-state index in [1.54, 1.807) is 0 Å². The Balaban J connectivity index is 3.74. The Bertz CT molecular complexity index is 152. The average Bonchev–Trinajstić information content (AvgIpc) is 2.11. The maximum Gasteiger partial charge on any atom is 0.100 e. The number of likely N-dealkylation sites (N-methyl/N-ethyl adjacent to an activating group) is 1. The lowest BCUT2D eigenvalue weighted by Gasteiger charge is -2.17.